The summed E-state index contributed by atoms with van der Waals surface area (Å²) in [5.74, 6) is -0.243. The summed E-state index contributed by atoms with van der Waals surface area (Å²) in [6.45, 7) is 1.54. The van der Waals surface area contributed by atoms with Crippen LogP contribution in [0.25, 0.3) is 0 Å². The first kappa shape index (κ1) is 20.6. The van der Waals surface area contributed by atoms with Crippen LogP contribution in [0.15, 0.2) is 62.7 Å². The number of thioether (sulfide) groups is 1. The molecule has 0 bridgehead atoms. The Morgan fingerprint density at radius 2 is 2.07 bits per heavy atom. The molecule has 0 aliphatic heterocycles. The van der Waals surface area contributed by atoms with Gasteiger partial charge in [0, 0.05) is 26.2 Å². The topological polar surface area (TPSA) is 68.3 Å². The predicted molar refractivity (Wildman–Crippen MR) is 116 cm³/mol. The summed E-state index contributed by atoms with van der Waals surface area (Å²) in [6.07, 6.45) is 0. The van der Waals surface area contributed by atoms with Gasteiger partial charge in [0.1, 0.15) is 0 Å². The highest BCUT2D eigenvalue weighted by molar-refractivity contribution is 9.10. The van der Waals surface area contributed by atoms with Crippen molar-refractivity contribution in [3.63, 3.8) is 0 Å². The third-order valence-corrected chi connectivity index (χ3v) is 6.00. The fraction of sp³-hybridized carbons (Fsp3) is 0.150. The molecule has 5 nitrogen and oxygen atoms in total. The van der Waals surface area contributed by atoms with Gasteiger partial charge in [0.25, 0.3) is 5.91 Å². The van der Waals surface area contributed by atoms with E-state index < -0.39 is 5.97 Å². The Labute approximate surface area is 179 Å². The number of anilines is 1. The molecule has 0 radical (unpaired) electrons. The number of nitrogens with one attached hydrogen (secondary N) is 1. The second-order valence-electron chi connectivity index (χ2n) is 5.85. The number of hydrogen-bond donors (Lipinski definition) is 1. The molecule has 0 aliphatic carbocycles. The van der Waals surface area contributed by atoms with Crippen LogP contribution in [0.4, 0.5) is 5.69 Å². The maximum Gasteiger partial charge on any atom is 0.339 e. The van der Waals surface area contributed by atoms with Crippen LogP contribution in [0.2, 0.25) is 0 Å². The second-order valence-corrected chi connectivity index (χ2v) is 8.50. The number of aromatic nitrogens is 1. The predicted octanol–water partition coefficient (Wildman–Crippen LogP) is 5.30. The fourth-order valence-corrected chi connectivity index (χ4v) is 4.47. The molecule has 1 N–H and O–H groups in total. The first-order chi connectivity index (χ1) is 13.5. The van der Waals surface area contributed by atoms with E-state index in [1.807, 2.05) is 36.6 Å². The number of halogens is 1. The number of carbonyl (C=O) groups is 2. The van der Waals surface area contributed by atoms with Crippen molar-refractivity contribution < 1.29 is 14.3 Å². The van der Waals surface area contributed by atoms with Crippen LogP contribution < -0.4 is 5.32 Å². The van der Waals surface area contributed by atoms with E-state index in [1.165, 1.54) is 23.1 Å². The molecule has 0 aliphatic rings. The molecule has 0 saturated carbocycles. The van der Waals surface area contributed by atoms with Gasteiger partial charge in [-0.15, -0.1) is 23.1 Å². The molecule has 0 fully saturated rings. The molecule has 1 aromatic heterocycles. The van der Waals surface area contributed by atoms with E-state index in [0.717, 1.165) is 20.6 Å². The van der Waals surface area contributed by atoms with Crippen molar-refractivity contribution >= 4 is 56.6 Å². The lowest BCUT2D eigenvalue weighted by atomic mass is 10.2. The van der Waals surface area contributed by atoms with E-state index in [2.05, 4.69) is 26.2 Å². The highest BCUT2D eigenvalue weighted by atomic mass is 79.9. The fourth-order valence-electron chi connectivity index (χ4n) is 2.38. The largest absolute Gasteiger partial charge is 0.452 e. The lowest BCUT2D eigenvalue weighted by Crippen LogP contribution is -2.21. The Morgan fingerprint density at radius 3 is 2.82 bits per heavy atom. The summed E-state index contributed by atoms with van der Waals surface area (Å²) in [6, 6.07) is 12.7. The molecule has 1 amide bonds. The molecule has 0 atom stereocenters. The third-order valence-electron chi connectivity index (χ3n) is 3.76. The van der Waals surface area contributed by atoms with Gasteiger partial charge >= 0.3 is 5.97 Å². The van der Waals surface area contributed by atoms with Crippen LogP contribution in [0.5, 0.6) is 0 Å². The Bertz CT molecular complexity index is 977. The van der Waals surface area contributed by atoms with E-state index in [4.69, 9.17) is 4.74 Å². The van der Waals surface area contributed by atoms with Crippen molar-refractivity contribution in [3.8, 4) is 0 Å². The van der Waals surface area contributed by atoms with Gasteiger partial charge in [-0.3, -0.25) is 4.79 Å². The standard InChI is InChI=1S/C20H17BrN2O3S2/c1-13-8-14(21)6-7-17(13)23-19(24)9-26-20(25)16-4-2-3-5-18(16)28-11-15-10-27-12-22-15/h2-8,10,12H,9,11H2,1H3,(H,23,24). The molecular weight excluding hydrogens is 460 g/mol. The third kappa shape index (κ3) is 5.67. The Kier molecular flexibility index (Phi) is 7.24. The smallest absolute Gasteiger partial charge is 0.339 e. The number of aryl methyl sites for hydroxylation is 1. The molecule has 3 rings (SSSR count). The van der Waals surface area contributed by atoms with E-state index in [0.29, 0.717) is 17.0 Å². The molecule has 8 heteroatoms. The maximum absolute atomic E-state index is 12.5. The van der Waals surface area contributed by atoms with E-state index in [1.54, 1.807) is 23.7 Å². The van der Waals surface area contributed by atoms with Crippen LogP contribution in [0.1, 0.15) is 21.6 Å². The van der Waals surface area contributed by atoms with Gasteiger partial charge in [-0.1, -0.05) is 28.1 Å². The van der Waals surface area contributed by atoms with E-state index >= 15 is 0 Å². The van der Waals surface area contributed by atoms with Crippen LogP contribution in [0.3, 0.4) is 0 Å². The van der Waals surface area contributed by atoms with Gasteiger partial charge in [0.05, 0.1) is 16.8 Å². The van der Waals surface area contributed by atoms with Crippen molar-refractivity contribution in [1.29, 1.82) is 0 Å². The monoisotopic (exact) mass is 476 g/mol. The van der Waals surface area contributed by atoms with Crippen molar-refractivity contribution in [3.05, 3.63) is 74.6 Å². The zero-order valence-electron chi connectivity index (χ0n) is 15.0. The van der Waals surface area contributed by atoms with Crippen molar-refractivity contribution in [2.24, 2.45) is 0 Å². The number of ether oxygens (including phenoxy) is 1. The van der Waals surface area contributed by atoms with Gasteiger partial charge in [-0.05, 0) is 42.8 Å². The molecule has 144 valence electrons. The number of rotatable bonds is 7. The average molecular weight is 477 g/mol. The zero-order chi connectivity index (χ0) is 19.9. The Morgan fingerprint density at radius 1 is 1.25 bits per heavy atom. The lowest BCUT2D eigenvalue weighted by Gasteiger charge is -2.11. The van der Waals surface area contributed by atoms with Gasteiger partial charge in [0.15, 0.2) is 6.61 Å². The normalized spacial score (nSPS) is 10.5. The molecular formula is C20H17BrN2O3S2. The summed E-state index contributed by atoms with van der Waals surface area (Å²) < 4.78 is 6.15. The summed E-state index contributed by atoms with van der Waals surface area (Å²) in [5.41, 5.74) is 4.78. The van der Waals surface area contributed by atoms with Gasteiger partial charge < -0.3 is 10.1 Å². The Balaban J connectivity index is 1.57. The molecule has 2 aromatic carbocycles. The number of esters is 1. The van der Waals surface area contributed by atoms with Crippen LogP contribution in [-0.4, -0.2) is 23.5 Å². The Hall–Kier alpha value is -2.16. The van der Waals surface area contributed by atoms with Crippen LogP contribution in [0, 0.1) is 6.92 Å². The minimum absolute atomic E-state index is 0.348. The molecule has 1 heterocycles. The summed E-state index contributed by atoms with van der Waals surface area (Å²) in [5, 5.41) is 4.73. The highest BCUT2D eigenvalue weighted by Crippen LogP contribution is 2.27. The molecule has 0 spiro atoms. The first-order valence-corrected chi connectivity index (χ1v) is 11.1. The van der Waals surface area contributed by atoms with Crippen LogP contribution >= 0.6 is 39.0 Å². The van der Waals surface area contributed by atoms with Crippen molar-refractivity contribution in [1.82, 2.24) is 4.98 Å². The number of amides is 1. The van der Waals surface area contributed by atoms with E-state index in [-0.39, 0.29) is 12.5 Å². The zero-order valence-corrected chi connectivity index (χ0v) is 18.2. The van der Waals surface area contributed by atoms with Gasteiger partial charge in [0.2, 0.25) is 0 Å². The number of benzene rings is 2. The average Bonchev–Trinajstić information content (AvgIpc) is 3.20. The van der Waals surface area contributed by atoms with Crippen molar-refractivity contribution in [2.75, 3.05) is 11.9 Å². The van der Waals surface area contributed by atoms with Gasteiger partial charge in [-0.2, -0.15) is 0 Å². The summed E-state index contributed by atoms with van der Waals surface area (Å²) in [4.78, 5) is 29.6. The number of thiazole rings is 1. The van der Waals surface area contributed by atoms with E-state index in [9.17, 15) is 9.59 Å². The number of hydrogen-bond acceptors (Lipinski definition) is 6. The molecule has 0 unspecified atom stereocenters. The quantitative estimate of drug-likeness (QED) is 0.370. The summed E-state index contributed by atoms with van der Waals surface area (Å²) in [7, 11) is 0. The minimum atomic E-state index is -0.524. The minimum Gasteiger partial charge on any atom is -0.452 e. The SMILES string of the molecule is Cc1cc(Br)ccc1NC(=O)COC(=O)c1ccccc1SCc1cscn1. The van der Waals surface area contributed by atoms with Crippen LogP contribution in [-0.2, 0) is 15.3 Å². The van der Waals surface area contributed by atoms with Gasteiger partial charge in [-0.25, -0.2) is 9.78 Å². The number of carbonyl (C=O) groups excluding carboxylic acids is 2. The molecule has 3 aromatic rings. The summed E-state index contributed by atoms with van der Waals surface area (Å²) >= 11 is 6.43. The maximum atomic E-state index is 12.5. The second kappa shape index (κ2) is 9.86. The lowest BCUT2D eigenvalue weighted by molar-refractivity contribution is -0.119. The first-order valence-electron chi connectivity index (χ1n) is 8.35. The number of nitrogens with zero attached hydrogens (tertiary/aromatic N) is 1. The highest BCUT2D eigenvalue weighted by Gasteiger charge is 2.15. The van der Waals surface area contributed by atoms with Crippen molar-refractivity contribution in [2.45, 2.75) is 17.6 Å². The molecule has 28 heavy (non-hydrogen) atoms. The molecule has 0 saturated heterocycles.